The van der Waals surface area contributed by atoms with Crippen molar-refractivity contribution < 1.29 is 13.2 Å². The molecule has 1 aromatic heterocycles. The molecule has 3 rings (SSSR count). The minimum atomic E-state index is -3.62. The van der Waals surface area contributed by atoms with E-state index in [0.29, 0.717) is 5.69 Å². The van der Waals surface area contributed by atoms with Crippen molar-refractivity contribution in [2.75, 3.05) is 11.4 Å². The molecule has 0 amide bonds. The molecular formula is C17H20N2O3S. The van der Waals surface area contributed by atoms with Crippen molar-refractivity contribution in [2.45, 2.75) is 37.2 Å². The van der Waals surface area contributed by atoms with Gasteiger partial charge in [0.05, 0.1) is 16.8 Å². The Bertz CT molecular complexity index is 817. The first-order chi connectivity index (χ1) is 10.8. The van der Waals surface area contributed by atoms with Crippen molar-refractivity contribution in [3.05, 3.63) is 48.3 Å². The minimum absolute atomic E-state index is 0.208. The standard InChI is InChI=1S/C17H20N2O3S/c1-17(2)9-8-13-11-15(6-7-16(13)22-17)23(20,21)19(3)14-5-4-10-18-12-14/h4-7,10-12H,8-9H2,1-3H3. The lowest BCUT2D eigenvalue weighted by atomic mass is 9.94. The molecule has 1 aromatic carbocycles. The third-order valence-corrected chi connectivity index (χ3v) is 5.86. The molecule has 0 atom stereocenters. The first-order valence-electron chi connectivity index (χ1n) is 7.50. The maximum Gasteiger partial charge on any atom is 0.264 e. The van der Waals surface area contributed by atoms with Gasteiger partial charge >= 0.3 is 0 Å². The Morgan fingerprint density at radius 2 is 2.04 bits per heavy atom. The first-order valence-corrected chi connectivity index (χ1v) is 8.94. The van der Waals surface area contributed by atoms with E-state index in [1.807, 2.05) is 13.8 Å². The number of hydrogen-bond acceptors (Lipinski definition) is 4. The average Bonchev–Trinajstić information content (AvgIpc) is 2.53. The maximum absolute atomic E-state index is 12.8. The molecule has 0 saturated carbocycles. The fourth-order valence-electron chi connectivity index (χ4n) is 2.63. The molecular weight excluding hydrogens is 312 g/mol. The van der Waals surface area contributed by atoms with Gasteiger partial charge in [-0.3, -0.25) is 9.29 Å². The van der Waals surface area contributed by atoms with Crippen molar-refractivity contribution in [3.8, 4) is 5.75 Å². The molecule has 2 heterocycles. The van der Waals surface area contributed by atoms with E-state index < -0.39 is 10.0 Å². The highest BCUT2D eigenvalue weighted by Gasteiger charge is 2.29. The van der Waals surface area contributed by atoms with Gasteiger partial charge in [-0.1, -0.05) is 0 Å². The van der Waals surface area contributed by atoms with E-state index in [1.54, 1.807) is 36.5 Å². The summed E-state index contributed by atoms with van der Waals surface area (Å²) in [6.07, 6.45) is 4.81. The number of hydrogen-bond donors (Lipinski definition) is 0. The molecule has 0 bridgehead atoms. The molecule has 2 aromatic rings. The number of anilines is 1. The third-order valence-electron chi connectivity index (χ3n) is 4.08. The lowest BCUT2D eigenvalue weighted by Crippen LogP contribution is -2.33. The Morgan fingerprint density at radius 1 is 1.26 bits per heavy atom. The number of fused-ring (bicyclic) bond motifs is 1. The quantitative estimate of drug-likeness (QED) is 0.867. The summed E-state index contributed by atoms with van der Waals surface area (Å²) in [6.45, 7) is 4.08. The summed E-state index contributed by atoms with van der Waals surface area (Å²) < 4.78 is 32.8. The van der Waals surface area contributed by atoms with E-state index in [9.17, 15) is 8.42 Å². The highest BCUT2D eigenvalue weighted by molar-refractivity contribution is 7.92. The zero-order valence-corrected chi connectivity index (χ0v) is 14.3. The largest absolute Gasteiger partial charge is 0.488 e. The van der Waals surface area contributed by atoms with Crippen LogP contribution >= 0.6 is 0 Å². The summed E-state index contributed by atoms with van der Waals surface area (Å²) in [5, 5.41) is 0. The molecule has 0 aliphatic carbocycles. The molecule has 0 unspecified atom stereocenters. The molecule has 1 aliphatic rings. The minimum Gasteiger partial charge on any atom is -0.488 e. The molecule has 122 valence electrons. The van der Waals surface area contributed by atoms with Gasteiger partial charge in [-0.05, 0) is 62.6 Å². The molecule has 0 radical (unpaired) electrons. The van der Waals surface area contributed by atoms with E-state index in [0.717, 1.165) is 24.2 Å². The van der Waals surface area contributed by atoms with Crippen LogP contribution in [0.15, 0.2) is 47.6 Å². The number of pyridine rings is 1. The van der Waals surface area contributed by atoms with Crippen molar-refractivity contribution in [1.82, 2.24) is 4.98 Å². The molecule has 5 nitrogen and oxygen atoms in total. The maximum atomic E-state index is 12.8. The van der Waals surface area contributed by atoms with Gasteiger partial charge in [-0.25, -0.2) is 8.42 Å². The fraction of sp³-hybridized carbons (Fsp3) is 0.353. The second kappa shape index (κ2) is 5.53. The second-order valence-electron chi connectivity index (χ2n) is 6.32. The zero-order valence-electron chi connectivity index (χ0n) is 13.5. The van der Waals surface area contributed by atoms with Gasteiger partial charge in [-0.15, -0.1) is 0 Å². The van der Waals surface area contributed by atoms with Crippen LogP contribution in [0.3, 0.4) is 0 Å². The smallest absolute Gasteiger partial charge is 0.264 e. The van der Waals surface area contributed by atoms with Crippen LogP contribution in [0.4, 0.5) is 5.69 Å². The van der Waals surface area contributed by atoms with Gasteiger partial charge in [0.2, 0.25) is 0 Å². The van der Waals surface area contributed by atoms with Crippen LogP contribution in [-0.4, -0.2) is 26.1 Å². The lowest BCUT2D eigenvalue weighted by Gasteiger charge is -2.32. The highest BCUT2D eigenvalue weighted by Crippen LogP contribution is 2.35. The van der Waals surface area contributed by atoms with Crippen LogP contribution in [0.5, 0.6) is 5.75 Å². The van der Waals surface area contributed by atoms with E-state index in [-0.39, 0.29) is 10.5 Å². The van der Waals surface area contributed by atoms with Crippen LogP contribution in [0, 0.1) is 0 Å². The van der Waals surface area contributed by atoms with Crippen LogP contribution in [-0.2, 0) is 16.4 Å². The number of ether oxygens (including phenoxy) is 1. The van der Waals surface area contributed by atoms with E-state index in [2.05, 4.69) is 4.98 Å². The molecule has 6 heteroatoms. The monoisotopic (exact) mass is 332 g/mol. The van der Waals surface area contributed by atoms with Gasteiger partial charge < -0.3 is 4.74 Å². The molecule has 1 aliphatic heterocycles. The van der Waals surface area contributed by atoms with Crippen LogP contribution in [0.1, 0.15) is 25.8 Å². The van der Waals surface area contributed by atoms with Crippen molar-refractivity contribution in [1.29, 1.82) is 0 Å². The van der Waals surface area contributed by atoms with Gasteiger partial charge in [0.25, 0.3) is 10.0 Å². The summed E-state index contributed by atoms with van der Waals surface area (Å²) in [6, 6.07) is 8.49. The Morgan fingerprint density at radius 3 is 2.74 bits per heavy atom. The average molecular weight is 332 g/mol. The van der Waals surface area contributed by atoms with Crippen LogP contribution < -0.4 is 9.04 Å². The Kier molecular flexibility index (Phi) is 3.80. The Balaban J connectivity index is 1.96. The Hall–Kier alpha value is -2.08. The molecule has 0 saturated heterocycles. The first kappa shape index (κ1) is 15.8. The number of sulfonamides is 1. The van der Waals surface area contributed by atoms with Gasteiger partial charge in [-0.2, -0.15) is 0 Å². The van der Waals surface area contributed by atoms with Crippen LogP contribution in [0.2, 0.25) is 0 Å². The van der Waals surface area contributed by atoms with Crippen molar-refractivity contribution in [2.24, 2.45) is 0 Å². The number of aryl methyl sites for hydroxylation is 1. The number of aromatic nitrogens is 1. The highest BCUT2D eigenvalue weighted by atomic mass is 32.2. The predicted molar refractivity (Wildman–Crippen MR) is 89.3 cm³/mol. The van der Waals surface area contributed by atoms with Gasteiger partial charge in [0, 0.05) is 13.2 Å². The van der Waals surface area contributed by atoms with Crippen molar-refractivity contribution in [3.63, 3.8) is 0 Å². The normalized spacial score (nSPS) is 16.3. The zero-order chi connectivity index (χ0) is 16.7. The van der Waals surface area contributed by atoms with E-state index in [1.165, 1.54) is 17.5 Å². The molecule has 0 N–H and O–H groups in total. The lowest BCUT2D eigenvalue weighted by molar-refractivity contribution is 0.0845. The number of rotatable bonds is 3. The SMILES string of the molecule is CN(c1cccnc1)S(=O)(=O)c1ccc2c(c1)CCC(C)(C)O2. The van der Waals surface area contributed by atoms with Crippen molar-refractivity contribution >= 4 is 15.7 Å². The van der Waals surface area contributed by atoms with E-state index in [4.69, 9.17) is 4.74 Å². The summed E-state index contributed by atoms with van der Waals surface area (Å²) >= 11 is 0. The van der Waals surface area contributed by atoms with Crippen LogP contribution in [0.25, 0.3) is 0 Å². The Labute approximate surface area is 137 Å². The number of benzene rings is 1. The molecule has 0 spiro atoms. The summed E-state index contributed by atoms with van der Waals surface area (Å²) in [5.74, 6) is 0.768. The molecule has 23 heavy (non-hydrogen) atoms. The predicted octanol–water partition coefficient (Wildman–Crippen LogP) is 3.01. The fourth-order valence-corrected chi connectivity index (χ4v) is 3.87. The topological polar surface area (TPSA) is 59.5 Å². The number of nitrogens with zero attached hydrogens (tertiary/aromatic N) is 2. The second-order valence-corrected chi connectivity index (χ2v) is 8.28. The van der Waals surface area contributed by atoms with Gasteiger partial charge in [0.1, 0.15) is 11.4 Å². The summed E-state index contributed by atoms with van der Waals surface area (Å²) in [5.41, 5.74) is 1.26. The summed E-state index contributed by atoms with van der Waals surface area (Å²) in [4.78, 5) is 4.24. The van der Waals surface area contributed by atoms with E-state index >= 15 is 0 Å². The summed E-state index contributed by atoms with van der Waals surface area (Å²) in [7, 11) is -2.08. The van der Waals surface area contributed by atoms with Gasteiger partial charge in [0.15, 0.2) is 0 Å². The third kappa shape index (κ3) is 3.03. The molecule has 0 fully saturated rings.